The minimum absolute atomic E-state index is 0.0141. The fourth-order valence-corrected chi connectivity index (χ4v) is 4.12. The molecule has 1 heterocycles. The molecule has 3 amide bonds. The number of nitrogens with one attached hydrogen (secondary N) is 1. The van der Waals surface area contributed by atoms with E-state index in [1.165, 1.54) is 5.56 Å². The molecular weight excluding hydrogens is 368 g/mol. The monoisotopic (exact) mass is 404 g/mol. The van der Waals surface area contributed by atoms with Crippen molar-refractivity contribution in [2.24, 2.45) is 5.41 Å². The highest BCUT2D eigenvalue weighted by Gasteiger charge is 2.38. The summed E-state index contributed by atoms with van der Waals surface area (Å²) in [6.07, 6.45) is 1.52. The molecule has 2 atom stereocenters. The lowest BCUT2D eigenvalue weighted by molar-refractivity contribution is -0.128. The molecule has 6 heteroatoms. The summed E-state index contributed by atoms with van der Waals surface area (Å²) in [4.78, 5) is 25.3. The molecule has 1 aromatic rings. The van der Waals surface area contributed by atoms with E-state index in [0.717, 1.165) is 17.7 Å². The van der Waals surface area contributed by atoms with Crippen molar-refractivity contribution in [3.8, 4) is 5.75 Å². The van der Waals surface area contributed by atoms with Crippen molar-refractivity contribution in [3.05, 3.63) is 29.8 Å². The number of ether oxygens (including phenoxy) is 1. The largest absolute Gasteiger partial charge is 0.491 e. The second kappa shape index (κ2) is 9.16. The molecule has 2 N–H and O–H groups in total. The van der Waals surface area contributed by atoms with Crippen LogP contribution in [0.2, 0.25) is 0 Å². The van der Waals surface area contributed by atoms with Crippen LogP contribution in [-0.2, 0) is 10.2 Å². The van der Waals surface area contributed by atoms with Gasteiger partial charge < -0.3 is 15.2 Å². The highest BCUT2D eigenvalue weighted by atomic mass is 16.5. The third kappa shape index (κ3) is 6.46. The van der Waals surface area contributed by atoms with Gasteiger partial charge in [-0.1, -0.05) is 60.1 Å². The lowest BCUT2D eigenvalue weighted by Gasteiger charge is -2.33. The first kappa shape index (κ1) is 23.2. The number of imide groups is 1. The Balaban J connectivity index is 1.88. The van der Waals surface area contributed by atoms with E-state index in [1.807, 2.05) is 19.1 Å². The van der Waals surface area contributed by atoms with Gasteiger partial charge in [0.1, 0.15) is 24.5 Å². The normalized spacial score (nSPS) is 18.7. The van der Waals surface area contributed by atoms with Crippen molar-refractivity contribution in [3.63, 3.8) is 0 Å². The number of carbonyl (C=O) groups excluding carboxylic acids is 2. The summed E-state index contributed by atoms with van der Waals surface area (Å²) in [7, 11) is 0. The molecule has 1 aliphatic rings. The summed E-state index contributed by atoms with van der Waals surface area (Å²) < 4.78 is 5.67. The maximum absolute atomic E-state index is 12.2. The Morgan fingerprint density at radius 3 is 2.31 bits per heavy atom. The molecule has 0 aromatic heterocycles. The minimum Gasteiger partial charge on any atom is -0.491 e. The molecule has 2 rings (SSSR count). The maximum atomic E-state index is 12.2. The lowest BCUT2D eigenvalue weighted by atomic mass is 9.72. The van der Waals surface area contributed by atoms with Crippen molar-refractivity contribution < 1.29 is 19.4 Å². The molecule has 1 saturated heterocycles. The van der Waals surface area contributed by atoms with Crippen molar-refractivity contribution in [2.75, 3.05) is 13.2 Å². The Morgan fingerprint density at radius 2 is 1.76 bits per heavy atom. The van der Waals surface area contributed by atoms with Crippen LogP contribution in [-0.4, -0.2) is 47.2 Å². The highest BCUT2D eigenvalue weighted by molar-refractivity contribution is 6.04. The van der Waals surface area contributed by atoms with Gasteiger partial charge in [0.2, 0.25) is 0 Å². The number of benzene rings is 1. The van der Waals surface area contributed by atoms with E-state index in [-0.39, 0.29) is 29.9 Å². The van der Waals surface area contributed by atoms with Crippen molar-refractivity contribution in [1.82, 2.24) is 10.2 Å². The Bertz CT molecular complexity index is 707. The van der Waals surface area contributed by atoms with Crippen molar-refractivity contribution in [1.29, 1.82) is 0 Å². The molecule has 0 unspecified atom stereocenters. The third-order valence-corrected chi connectivity index (χ3v) is 5.13. The number of aliphatic hydroxyl groups excluding tert-OH is 1. The molecule has 1 fully saturated rings. The van der Waals surface area contributed by atoms with Gasteiger partial charge in [-0.25, -0.2) is 4.79 Å². The topological polar surface area (TPSA) is 78.9 Å². The zero-order valence-corrected chi connectivity index (χ0v) is 18.6. The number of rotatable bonds is 9. The minimum atomic E-state index is -0.943. The first-order valence-electron chi connectivity index (χ1n) is 10.5. The van der Waals surface area contributed by atoms with E-state index in [2.05, 4.69) is 52.1 Å². The summed E-state index contributed by atoms with van der Waals surface area (Å²) in [5.74, 6) is 0.377. The quantitative estimate of drug-likeness (QED) is 0.613. The van der Waals surface area contributed by atoms with Gasteiger partial charge in [-0.05, 0) is 41.4 Å². The number of carbonyl (C=O) groups is 2. The highest BCUT2D eigenvalue weighted by Crippen LogP contribution is 2.36. The molecule has 0 radical (unpaired) electrons. The summed E-state index contributed by atoms with van der Waals surface area (Å²) in [5.41, 5.74) is 1.52. The second-order valence-electron chi connectivity index (χ2n) is 9.85. The molecule has 0 saturated carbocycles. The van der Waals surface area contributed by atoms with Crippen molar-refractivity contribution >= 4 is 11.9 Å². The molecule has 0 bridgehead atoms. The Morgan fingerprint density at radius 1 is 1.14 bits per heavy atom. The summed E-state index contributed by atoms with van der Waals surface area (Å²) in [5, 5.41) is 12.9. The third-order valence-electron chi connectivity index (χ3n) is 5.13. The number of hydrogen-bond acceptors (Lipinski definition) is 4. The number of β-amino-alcohol motifs (C(OH)–C–C–N with tert-alkyl or cyclic N) is 1. The zero-order chi connectivity index (χ0) is 21.8. The van der Waals surface area contributed by atoms with Gasteiger partial charge in [-0.2, -0.15) is 0 Å². The molecule has 29 heavy (non-hydrogen) atoms. The SMILES string of the molecule is CCC[C@H]1NC(=O)N(C[C@@H](O)COc2ccc(C(C)(C)CC(C)(C)C)cc2)C1=O. The lowest BCUT2D eigenvalue weighted by Crippen LogP contribution is -2.40. The zero-order valence-electron chi connectivity index (χ0n) is 18.6. The van der Waals surface area contributed by atoms with Crippen LogP contribution in [0.5, 0.6) is 5.75 Å². The van der Waals surface area contributed by atoms with Crippen LogP contribution in [0.3, 0.4) is 0 Å². The van der Waals surface area contributed by atoms with Crippen LogP contribution in [0, 0.1) is 5.41 Å². The van der Waals surface area contributed by atoms with E-state index in [4.69, 9.17) is 4.74 Å². The fourth-order valence-electron chi connectivity index (χ4n) is 4.12. The molecule has 6 nitrogen and oxygen atoms in total. The number of aliphatic hydroxyl groups is 1. The fraction of sp³-hybridized carbons (Fsp3) is 0.652. The van der Waals surface area contributed by atoms with Gasteiger partial charge in [0.15, 0.2) is 0 Å². The van der Waals surface area contributed by atoms with E-state index in [9.17, 15) is 14.7 Å². The Labute approximate surface area is 174 Å². The number of amides is 3. The van der Waals surface area contributed by atoms with E-state index < -0.39 is 18.2 Å². The standard InChI is InChI=1S/C23H36N2O4/c1-7-8-19-20(27)25(21(28)24-19)13-17(26)14-29-18-11-9-16(10-12-18)23(5,6)15-22(2,3)4/h9-12,17,19,26H,7-8,13-15H2,1-6H3,(H,24,28)/t17-,19-/m1/s1. The number of nitrogens with zero attached hydrogens (tertiary/aromatic N) is 1. The molecule has 1 aromatic carbocycles. The van der Waals surface area contributed by atoms with Gasteiger partial charge >= 0.3 is 6.03 Å². The van der Waals surface area contributed by atoms with Crippen LogP contribution in [0.25, 0.3) is 0 Å². The van der Waals surface area contributed by atoms with E-state index >= 15 is 0 Å². The smallest absolute Gasteiger partial charge is 0.324 e. The predicted octanol–water partition coefficient (Wildman–Crippen LogP) is 3.86. The summed E-state index contributed by atoms with van der Waals surface area (Å²) in [6, 6.07) is 6.98. The van der Waals surface area contributed by atoms with E-state index in [1.54, 1.807) is 0 Å². The summed E-state index contributed by atoms with van der Waals surface area (Å²) >= 11 is 0. The molecule has 0 aliphatic carbocycles. The van der Waals surface area contributed by atoms with Gasteiger partial charge in [0.05, 0.1) is 6.54 Å². The van der Waals surface area contributed by atoms with E-state index in [0.29, 0.717) is 12.2 Å². The predicted molar refractivity (Wildman–Crippen MR) is 114 cm³/mol. The van der Waals surface area contributed by atoms with Gasteiger partial charge in [0.25, 0.3) is 5.91 Å². The first-order valence-corrected chi connectivity index (χ1v) is 10.5. The van der Waals surface area contributed by atoms with Gasteiger partial charge in [0, 0.05) is 0 Å². The second-order valence-corrected chi connectivity index (χ2v) is 9.85. The van der Waals surface area contributed by atoms with Crippen LogP contribution >= 0.6 is 0 Å². The Kier molecular flexibility index (Phi) is 7.33. The average Bonchev–Trinajstić information content (AvgIpc) is 2.86. The van der Waals surface area contributed by atoms with Crippen LogP contribution in [0.15, 0.2) is 24.3 Å². The molecule has 1 aliphatic heterocycles. The number of urea groups is 1. The van der Waals surface area contributed by atoms with Gasteiger partial charge in [-0.3, -0.25) is 9.69 Å². The molecular formula is C23H36N2O4. The van der Waals surface area contributed by atoms with Crippen LogP contribution < -0.4 is 10.1 Å². The van der Waals surface area contributed by atoms with Crippen LogP contribution in [0.1, 0.15) is 66.4 Å². The first-order chi connectivity index (χ1) is 13.4. The molecule has 162 valence electrons. The van der Waals surface area contributed by atoms with Crippen LogP contribution in [0.4, 0.5) is 4.79 Å². The average molecular weight is 405 g/mol. The van der Waals surface area contributed by atoms with Gasteiger partial charge in [-0.15, -0.1) is 0 Å². The van der Waals surface area contributed by atoms with Crippen molar-refractivity contribution in [2.45, 2.75) is 78.4 Å². The summed E-state index contributed by atoms with van der Waals surface area (Å²) in [6.45, 7) is 13.1. The molecule has 0 spiro atoms. The number of hydrogen-bond donors (Lipinski definition) is 2. The Hall–Kier alpha value is -2.08. The maximum Gasteiger partial charge on any atom is 0.324 e.